The lowest BCUT2D eigenvalue weighted by molar-refractivity contribution is -1.04. The van der Waals surface area contributed by atoms with Crippen LogP contribution in [0.2, 0.25) is 0 Å². The minimum atomic E-state index is -4.03. The van der Waals surface area contributed by atoms with E-state index < -0.39 is 43.2 Å². The summed E-state index contributed by atoms with van der Waals surface area (Å²) in [6, 6.07) is 21.0. The van der Waals surface area contributed by atoms with Gasteiger partial charge in [-0.3, -0.25) is 4.79 Å². The third-order valence-electron chi connectivity index (χ3n) is 5.63. The van der Waals surface area contributed by atoms with Crippen molar-refractivity contribution in [2.45, 2.75) is 12.0 Å². The van der Waals surface area contributed by atoms with Crippen molar-refractivity contribution in [3.63, 3.8) is 0 Å². The van der Waals surface area contributed by atoms with Crippen LogP contribution in [0, 0.1) is 5.82 Å². The highest BCUT2D eigenvalue weighted by Crippen LogP contribution is 2.35. The molecule has 1 unspecified atom stereocenters. The van der Waals surface area contributed by atoms with Gasteiger partial charge in [-0.15, -0.1) is 0 Å². The number of hydrogen-bond acceptors (Lipinski definition) is 5. The van der Waals surface area contributed by atoms with Gasteiger partial charge in [0.05, 0.1) is 5.56 Å². The molecule has 1 heterocycles. The largest absolute Gasteiger partial charge is 0.380 e. The summed E-state index contributed by atoms with van der Waals surface area (Å²) in [7, 11) is -4.03. The van der Waals surface area contributed by atoms with Gasteiger partial charge in [0.25, 0.3) is 5.91 Å². The first kappa shape index (κ1) is 22.8. The quantitative estimate of drug-likeness (QED) is 0.559. The van der Waals surface area contributed by atoms with Gasteiger partial charge in [0.1, 0.15) is 24.7 Å². The van der Waals surface area contributed by atoms with Gasteiger partial charge in [-0.1, -0.05) is 65.3 Å². The fourth-order valence-corrected chi connectivity index (χ4v) is 5.94. The van der Waals surface area contributed by atoms with E-state index in [0.717, 1.165) is 0 Å². The monoisotopic (exact) mass is 469 g/mol. The first-order chi connectivity index (χ1) is 15.7. The average molecular weight is 470 g/mol. The Morgan fingerprint density at radius 1 is 0.970 bits per heavy atom. The number of nitrogens with two attached hydrogens (primary N) is 1. The number of benzene rings is 3. The first-order valence-corrected chi connectivity index (χ1v) is 11.9. The third-order valence-corrected chi connectivity index (χ3v) is 7.64. The van der Waals surface area contributed by atoms with E-state index in [2.05, 4.69) is 0 Å². The van der Waals surface area contributed by atoms with Gasteiger partial charge < -0.3 is 5.73 Å². The molecule has 170 valence electrons. The van der Waals surface area contributed by atoms with Gasteiger partial charge in [-0.05, 0) is 34.9 Å². The Hall–Kier alpha value is -3.40. The summed E-state index contributed by atoms with van der Waals surface area (Å²) in [5.74, 6) is -2.74. The lowest BCUT2D eigenvalue weighted by Crippen LogP contribution is -2.61. The van der Waals surface area contributed by atoms with Crippen molar-refractivity contribution < 1.29 is 31.9 Å². The number of amides is 2. The van der Waals surface area contributed by atoms with Crippen LogP contribution in [-0.2, 0) is 26.1 Å². The molecule has 0 aliphatic carbocycles. The van der Waals surface area contributed by atoms with Gasteiger partial charge in [0.2, 0.25) is 9.84 Å². The highest BCUT2D eigenvalue weighted by Gasteiger charge is 2.63. The van der Waals surface area contributed by atoms with Crippen molar-refractivity contribution in [3.05, 3.63) is 95.8 Å². The van der Waals surface area contributed by atoms with Gasteiger partial charge in [-0.25, -0.2) is 17.6 Å². The second-order valence-electron chi connectivity index (χ2n) is 7.76. The molecule has 0 spiro atoms. The number of sulfone groups is 1. The average Bonchev–Trinajstić information content (AvgIpc) is 3.10. The summed E-state index contributed by atoms with van der Waals surface area (Å²) in [6.07, 6.45) is 0. The molecule has 3 aromatic carbocycles. The summed E-state index contributed by atoms with van der Waals surface area (Å²) in [5, 5.41) is -1.88. The van der Waals surface area contributed by atoms with Gasteiger partial charge >= 0.3 is 11.3 Å². The SMILES string of the molecule is NC(=O)C1[N@@+](OCc2ccccc2)(C(=O)c2ccccc2-c2ccc(F)cc2)CCS1(=O)=O. The van der Waals surface area contributed by atoms with Crippen molar-refractivity contribution in [2.24, 2.45) is 5.73 Å². The fourth-order valence-electron chi connectivity index (χ4n) is 4.05. The Bertz CT molecular complexity index is 1300. The van der Waals surface area contributed by atoms with Crippen LogP contribution in [-0.4, -0.2) is 42.5 Å². The molecule has 4 rings (SSSR count). The van der Waals surface area contributed by atoms with Crippen LogP contribution in [0.15, 0.2) is 78.9 Å². The summed E-state index contributed by atoms with van der Waals surface area (Å²) in [6.45, 7) is -0.371. The van der Waals surface area contributed by atoms with Gasteiger partial charge in [0.15, 0.2) is 0 Å². The number of carbonyl (C=O) groups excluding carboxylic acids is 2. The fraction of sp³-hybridized carbons (Fsp3) is 0.167. The van der Waals surface area contributed by atoms with Crippen LogP contribution < -0.4 is 5.73 Å². The topological polar surface area (TPSA) is 104 Å². The molecule has 33 heavy (non-hydrogen) atoms. The predicted octanol–water partition coefficient (Wildman–Crippen LogP) is 2.82. The Balaban J connectivity index is 1.83. The molecule has 2 N–H and O–H groups in total. The Morgan fingerprint density at radius 3 is 2.27 bits per heavy atom. The molecule has 7 nitrogen and oxygen atoms in total. The maximum atomic E-state index is 14.0. The summed E-state index contributed by atoms with van der Waals surface area (Å²) >= 11 is 0. The molecule has 0 saturated carbocycles. The van der Waals surface area contributed by atoms with E-state index in [1.165, 1.54) is 30.3 Å². The zero-order valence-corrected chi connectivity index (χ0v) is 18.4. The van der Waals surface area contributed by atoms with Crippen molar-refractivity contribution in [1.29, 1.82) is 0 Å². The van der Waals surface area contributed by atoms with E-state index in [9.17, 15) is 22.4 Å². The van der Waals surface area contributed by atoms with Crippen molar-refractivity contribution in [3.8, 4) is 11.1 Å². The molecule has 1 aliphatic heterocycles. The number of rotatable bonds is 6. The molecule has 9 heteroatoms. The molecule has 0 bridgehead atoms. The number of hydroxylamine groups is 3. The van der Waals surface area contributed by atoms with Gasteiger partial charge in [-0.2, -0.15) is 4.84 Å². The second kappa shape index (κ2) is 8.86. The Morgan fingerprint density at radius 2 is 1.61 bits per heavy atom. The molecular formula is C24H22FN2O5S+. The highest BCUT2D eigenvalue weighted by molar-refractivity contribution is 7.92. The Labute approximate surface area is 190 Å². The number of hydrogen-bond donors (Lipinski definition) is 1. The van der Waals surface area contributed by atoms with E-state index in [1.54, 1.807) is 42.5 Å². The lowest BCUT2D eigenvalue weighted by atomic mass is 9.98. The standard InChI is InChI=1S/C24H21FN2O5S/c25-19-12-10-18(11-13-19)20-8-4-5-9-21(20)23(29)27(32-16-17-6-2-1-3-7-17)14-15-33(30,31)24(27)22(26)28/h1-13,24H,14-16H2,(H-,26,28)/p+1/t24?,27-/m0/s1. The number of halogens is 1. The molecule has 2 atom stereocenters. The van der Waals surface area contributed by atoms with Crippen LogP contribution in [0.4, 0.5) is 4.39 Å². The molecule has 1 aliphatic rings. The van der Waals surface area contributed by atoms with Crippen molar-refractivity contribution in [1.82, 2.24) is 0 Å². The van der Waals surface area contributed by atoms with Crippen LogP contribution in [0.5, 0.6) is 0 Å². The molecule has 3 aromatic rings. The zero-order chi connectivity index (χ0) is 23.6. The minimum absolute atomic E-state index is 0.107. The minimum Gasteiger partial charge on any atom is -0.363 e. The first-order valence-electron chi connectivity index (χ1n) is 10.2. The van der Waals surface area contributed by atoms with E-state index in [1.807, 2.05) is 6.07 Å². The van der Waals surface area contributed by atoms with Crippen LogP contribution in [0.3, 0.4) is 0 Å². The van der Waals surface area contributed by atoms with Crippen LogP contribution >= 0.6 is 0 Å². The van der Waals surface area contributed by atoms with E-state index in [4.69, 9.17) is 10.6 Å². The number of quaternary nitrogens is 1. The molecular weight excluding hydrogens is 447 g/mol. The van der Waals surface area contributed by atoms with Crippen LogP contribution in [0.1, 0.15) is 15.9 Å². The smallest absolute Gasteiger partial charge is 0.363 e. The van der Waals surface area contributed by atoms with Crippen molar-refractivity contribution in [2.75, 3.05) is 12.3 Å². The van der Waals surface area contributed by atoms with E-state index >= 15 is 0 Å². The molecule has 2 amide bonds. The summed E-state index contributed by atoms with van der Waals surface area (Å²) in [5.41, 5.74) is 7.34. The zero-order valence-electron chi connectivity index (χ0n) is 17.6. The molecule has 1 fully saturated rings. The molecule has 1 saturated heterocycles. The lowest BCUT2D eigenvalue weighted by Gasteiger charge is -2.32. The molecule has 0 aromatic heterocycles. The van der Waals surface area contributed by atoms with Crippen LogP contribution in [0.25, 0.3) is 11.1 Å². The Kier molecular flexibility index (Phi) is 6.11. The van der Waals surface area contributed by atoms with E-state index in [0.29, 0.717) is 16.7 Å². The normalized spacial score (nSPS) is 21.5. The number of carbonyl (C=O) groups is 2. The summed E-state index contributed by atoms with van der Waals surface area (Å²) < 4.78 is 37.9. The van der Waals surface area contributed by atoms with E-state index in [-0.39, 0.29) is 18.7 Å². The number of primary amides is 1. The maximum absolute atomic E-state index is 14.0. The number of nitrogens with zero attached hydrogens (tertiary/aromatic N) is 1. The molecule has 0 radical (unpaired) electrons. The summed E-state index contributed by atoms with van der Waals surface area (Å²) in [4.78, 5) is 32.2. The van der Waals surface area contributed by atoms with Gasteiger partial charge in [0, 0.05) is 0 Å². The highest BCUT2D eigenvalue weighted by atomic mass is 32.2. The third kappa shape index (κ3) is 4.30. The maximum Gasteiger partial charge on any atom is 0.380 e. The van der Waals surface area contributed by atoms with Crippen molar-refractivity contribution >= 4 is 21.7 Å². The predicted molar refractivity (Wildman–Crippen MR) is 119 cm³/mol. The second-order valence-corrected chi connectivity index (χ2v) is 9.94.